The van der Waals surface area contributed by atoms with Gasteiger partial charge >= 0.3 is 0 Å². The lowest BCUT2D eigenvalue weighted by Gasteiger charge is -2.41. The number of benzene rings is 1. The summed E-state index contributed by atoms with van der Waals surface area (Å²) in [6.07, 6.45) is 11.0. The van der Waals surface area contributed by atoms with Crippen molar-refractivity contribution >= 4 is 11.8 Å². The Hall–Kier alpha value is -3.09. The van der Waals surface area contributed by atoms with Crippen LogP contribution in [-0.2, 0) is 11.3 Å². The number of nitrogens with one attached hydrogen (secondary N) is 1. The summed E-state index contributed by atoms with van der Waals surface area (Å²) in [5, 5.41) is 7.42. The lowest BCUT2D eigenvalue weighted by molar-refractivity contribution is -0.136. The Labute approximate surface area is 176 Å². The number of carbonyl (C=O) groups is 2. The first-order chi connectivity index (χ1) is 14.6. The lowest BCUT2D eigenvalue weighted by Crippen LogP contribution is -2.57. The monoisotopic (exact) mass is 408 g/mol. The minimum absolute atomic E-state index is 0.0336. The van der Waals surface area contributed by atoms with Crippen LogP contribution in [0, 0.1) is 6.92 Å². The van der Waals surface area contributed by atoms with Crippen molar-refractivity contribution < 1.29 is 14.3 Å². The number of rotatable bonds is 2. The van der Waals surface area contributed by atoms with E-state index in [-0.39, 0.29) is 30.4 Å². The molecule has 0 unspecified atom stereocenters. The van der Waals surface area contributed by atoms with Crippen molar-refractivity contribution in [1.82, 2.24) is 20.0 Å². The summed E-state index contributed by atoms with van der Waals surface area (Å²) in [6, 6.07) is 7.14. The van der Waals surface area contributed by atoms with Gasteiger partial charge < -0.3 is 15.0 Å². The predicted molar refractivity (Wildman–Crippen MR) is 113 cm³/mol. The molecule has 1 fully saturated rings. The number of carbonyl (C=O) groups excluding carboxylic acids is 2. The molecule has 0 saturated carbocycles. The molecule has 2 atom stereocenters. The summed E-state index contributed by atoms with van der Waals surface area (Å²) in [7, 11) is 0. The van der Waals surface area contributed by atoms with Gasteiger partial charge in [-0.1, -0.05) is 24.3 Å². The number of piperidine rings is 1. The second-order valence-electron chi connectivity index (χ2n) is 7.93. The highest BCUT2D eigenvalue weighted by Gasteiger charge is 2.35. The van der Waals surface area contributed by atoms with E-state index in [2.05, 4.69) is 22.6 Å². The molecule has 2 amide bonds. The van der Waals surface area contributed by atoms with Crippen LogP contribution in [0.4, 0.5) is 0 Å². The van der Waals surface area contributed by atoms with Crippen molar-refractivity contribution in [1.29, 1.82) is 0 Å². The van der Waals surface area contributed by atoms with Gasteiger partial charge in [0.2, 0.25) is 5.91 Å². The summed E-state index contributed by atoms with van der Waals surface area (Å²) < 4.78 is 7.49. The van der Waals surface area contributed by atoms with E-state index in [0.29, 0.717) is 30.9 Å². The zero-order valence-electron chi connectivity index (χ0n) is 17.3. The molecule has 1 aromatic carbocycles. The molecule has 2 aliphatic rings. The fraction of sp³-hybridized carbons (Fsp3) is 0.435. The van der Waals surface area contributed by atoms with Crippen LogP contribution in [0.1, 0.15) is 41.6 Å². The van der Waals surface area contributed by atoms with E-state index in [9.17, 15) is 9.59 Å². The first kappa shape index (κ1) is 20.2. The van der Waals surface area contributed by atoms with Crippen LogP contribution >= 0.6 is 0 Å². The summed E-state index contributed by atoms with van der Waals surface area (Å²) in [5.74, 6) is 0.478. The number of aromatic nitrogens is 2. The average molecular weight is 409 g/mol. The van der Waals surface area contributed by atoms with E-state index >= 15 is 0 Å². The largest absolute Gasteiger partial charge is 0.492 e. The summed E-state index contributed by atoms with van der Waals surface area (Å²) in [5.41, 5.74) is 1.57. The van der Waals surface area contributed by atoms with Crippen molar-refractivity contribution in [2.45, 2.75) is 51.2 Å². The van der Waals surface area contributed by atoms with Crippen molar-refractivity contribution in [3.8, 4) is 5.75 Å². The van der Waals surface area contributed by atoms with Gasteiger partial charge in [-0.25, -0.2) is 0 Å². The standard InChI is InChI=1S/C23H28N4O3/c1-17-14-24-26(15-17)16-22(28)27-12-7-9-19-20(27)10-3-2-6-13-30-21-11-5-4-8-18(21)23(29)25-19/h2-5,8,11,14-15,19-20H,6-7,9-10,12-13,16H2,1H3,(H,25,29)/b3-2+/t19-,20-/m0/s1. The number of aryl methyl sites for hydroxylation is 1. The van der Waals surface area contributed by atoms with E-state index < -0.39 is 0 Å². The van der Waals surface area contributed by atoms with Crippen molar-refractivity contribution in [3.05, 3.63) is 59.9 Å². The normalized spacial score (nSPS) is 23.1. The van der Waals surface area contributed by atoms with Crippen molar-refractivity contribution in [3.63, 3.8) is 0 Å². The van der Waals surface area contributed by atoms with Crippen LogP contribution in [0.3, 0.4) is 0 Å². The van der Waals surface area contributed by atoms with Gasteiger partial charge in [-0.3, -0.25) is 14.3 Å². The number of nitrogens with zero attached hydrogens (tertiary/aromatic N) is 3. The molecule has 0 aliphatic carbocycles. The zero-order valence-corrected chi connectivity index (χ0v) is 17.3. The van der Waals surface area contributed by atoms with Crippen LogP contribution in [0.5, 0.6) is 5.75 Å². The molecule has 0 spiro atoms. The first-order valence-electron chi connectivity index (χ1n) is 10.6. The fourth-order valence-corrected chi connectivity index (χ4v) is 4.23. The van der Waals surface area contributed by atoms with Gasteiger partial charge in [0.05, 0.1) is 24.4 Å². The molecular weight excluding hydrogens is 380 g/mol. The van der Waals surface area contributed by atoms with Gasteiger partial charge in [-0.2, -0.15) is 5.10 Å². The number of hydrogen-bond donors (Lipinski definition) is 1. The molecule has 2 aliphatic heterocycles. The van der Waals surface area contributed by atoms with Crippen LogP contribution in [0.25, 0.3) is 0 Å². The molecule has 7 heteroatoms. The highest BCUT2D eigenvalue weighted by Crippen LogP contribution is 2.24. The topological polar surface area (TPSA) is 76.5 Å². The molecule has 7 nitrogen and oxygen atoms in total. The molecule has 4 rings (SSSR count). The number of amides is 2. The van der Waals surface area contributed by atoms with E-state index in [4.69, 9.17) is 4.74 Å². The molecule has 1 saturated heterocycles. The van der Waals surface area contributed by atoms with Gasteiger partial charge in [-0.05, 0) is 50.3 Å². The Bertz CT molecular complexity index is 936. The molecule has 2 aromatic rings. The van der Waals surface area contributed by atoms with Crippen LogP contribution in [0.2, 0.25) is 0 Å². The molecule has 1 aromatic heterocycles. The Morgan fingerprint density at radius 3 is 3.00 bits per heavy atom. The SMILES string of the molecule is Cc1cnn(CC(=O)N2CCC[C@@H]3NC(=O)c4ccccc4OCC/C=C/C[C@@H]32)c1. The Morgan fingerprint density at radius 2 is 2.17 bits per heavy atom. The first-order valence-corrected chi connectivity index (χ1v) is 10.6. The summed E-state index contributed by atoms with van der Waals surface area (Å²) in [4.78, 5) is 28.0. The lowest BCUT2D eigenvalue weighted by atomic mass is 9.92. The fourth-order valence-electron chi connectivity index (χ4n) is 4.23. The minimum Gasteiger partial charge on any atom is -0.492 e. The number of fused-ring (bicyclic) bond motifs is 2. The van der Waals surface area contributed by atoms with Gasteiger partial charge in [0.25, 0.3) is 5.91 Å². The minimum atomic E-state index is -0.151. The highest BCUT2D eigenvalue weighted by molar-refractivity contribution is 5.97. The number of likely N-dealkylation sites (tertiary alicyclic amines) is 1. The third kappa shape index (κ3) is 4.56. The van der Waals surface area contributed by atoms with Crippen LogP contribution < -0.4 is 10.1 Å². The van der Waals surface area contributed by atoms with E-state index in [1.165, 1.54) is 0 Å². The maximum absolute atomic E-state index is 13.1. The zero-order chi connectivity index (χ0) is 20.9. The van der Waals surface area contributed by atoms with Gasteiger partial charge in [0.15, 0.2) is 0 Å². The number of ether oxygens (including phenoxy) is 1. The summed E-state index contributed by atoms with van der Waals surface area (Å²) in [6.45, 7) is 3.38. The van der Waals surface area contributed by atoms with E-state index in [1.807, 2.05) is 36.2 Å². The third-order valence-corrected chi connectivity index (χ3v) is 5.69. The second-order valence-corrected chi connectivity index (χ2v) is 7.93. The van der Waals surface area contributed by atoms with Gasteiger partial charge in [-0.15, -0.1) is 0 Å². The molecule has 1 N–H and O–H groups in total. The summed E-state index contributed by atoms with van der Waals surface area (Å²) >= 11 is 0. The Kier molecular flexibility index (Phi) is 6.16. The van der Waals surface area contributed by atoms with Crippen LogP contribution in [0.15, 0.2) is 48.8 Å². The predicted octanol–water partition coefficient (Wildman–Crippen LogP) is 2.71. The number of hydrogen-bond acceptors (Lipinski definition) is 4. The molecule has 0 radical (unpaired) electrons. The Balaban J connectivity index is 1.56. The quantitative estimate of drug-likeness (QED) is 0.776. The average Bonchev–Trinajstić information content (AvgIpc) is 3.15. The highest BCUT2D eigenvalue weighted by atomic mass is 16.5. The van der Waals surface area contributed by atoms with Gasteiger partial charge in [0, 0.05) is 18.8 Å². The Morgan fingerprint density at radius 1 is 1.30 bits per heavy atom. The third-order valence-electron chi connectivity index (χ3n) is 5.69. The number of para-hydroxylation sites is 1. The van der Waals surface area contributed by atoms with Crippen LogP contribution in [-0.4, -0.2) is 51.7 Å². The molecule has 3 heterocycles. The van der Waals surface area contributed by atoms with Gasteiger partial charge in [0.1, 0.15) is 12.3 Å². The van der Waals surface area contributed by atoms with E-state index in [1.54, 1.807) is 16.9 Å². The molecule has 0 bridgehead atoms. The maximum Gasteiger partial charge on any atom is 0.255 e. The maximum atomic E-state index is 13.1. The second kappa shape index (κ2) is 9.15. The van der Waals surface area contributed by atoms with Crippen molar-refractivity contribution in [2.75, 3.05) is 13.2 Å². The van der Waals surface area contributed by atoms with E-state index in [0.717, 1.165) is 24.8 Å². The molecule has 30 heavy (non-hydrogen) atoms. The molecular formula is C23H28N4O3. The molecule has 158 valence electrons. The smallest absolute Gasteiger partial charge is 0.255 e. The van der Waals surface area contributed by atoms with Crippen molar-refractivity contribution in [2.24, 2.45) is 0 Å².